The molecule has 32 heavy (non-hydrogen) atoms. The van der Waals surface area contributed by atoms with Crippen LogP contribution in [0.3, 0.4) is 0 Å². The summed E-state index contributed by atoms with van der Waals surface area (Å²) in [7, 11) is 0. The molecule has 0 radical (unpaired) electrons. The van der Waals surface area contributed by atoms with Crippen LogP contribution >= 0.6 is 0 Å². The second-order valence-corrected chi connectivity index (χ2v) is 8.47. The molecule has 0 aliphatic carbocycles. The zero-order valence-corrected chi connectivity index (χ0v) is 17.5. The van der Waals surface area contributed by atoms with E-state index in [1.165, 1.54) is 19.1 Å². The number of hydrogen-bond donors (Lipinski definition) is 2. The lowest BCUT2D eigenvalue weighted by atomic mass is 10.0. The smallest absolute Gasteiger partial charge is 0.418 e. The number of aliphatic hydroxyl groups excluding tert-OH is 1. The van der Waals surface area contributed by atoms with Crippen molar-refractivity contribution in [3.8, 4) is 11.3 Å². The Morgan fingerprint density at radius 3 is 2.53 bits per heavy atom. The van der Waals surface area contributed by atoms with Gasteiger partial charge in [0.1, 0.15) is 23.0 Å². The first-order chi connectivity index (χ1) is 15.1. The molecule has 1 aliphatic heterocycles. The van der Waals surface area contributed by atoms with Gasteiger partial charge in [-0.05, 0) is 48.9 Å². The molecule has 6 nitrogen and oxygen atoms in total. The standard InChI is InChI=1S/C21H18F4N4O2S/c1-12-9-13(22)5-6-15(12)20-16(21(23,24)25)7-8-17(26-20)28-32(31)19-4-2-3-18(27-19)29-10-14(30)11-29/h2-9,14,30H,10-11H2,1H3,(H,26,28). The molecule has 1 saturated heterocycles. The molecule has 1 aromatic carbocycles. The van der Waals surface area contributed by atoms with Gasteiger partial charge in [-0.15, -0.1) is 0 Å². The lowest BCUT2D eigenvalue weighted by Gasteiger charge is -2.36. The minimum atomic E-state index is -4.68. The summed E-state index contributed by atoms with van der Waals surface area (Å²) in [6, 6.07) is 10.2. The van der Waals surface area contributed by atoms with Gasteiger partial charge in [0.15, 0.2) is 5.82 Å². The number of aromatic nitrogens is 2. The van der Waals surface area contributed by atoms with E-state index in [9.17, 15) is 27.2 Å². The fraction of sp³-hybridized carbons (Fsp3) is 0.238. The quantitative estimate of drug-likeness (QED) is 0.438. The van der Waals surface area contributed by atoms with Crippen molar-refractivity contribution in [2.24, 2.45) is 0 Å². The Labute approximate surface area is 184 Å². The van der Waals surface area contributed by atoms with Crippen molar-refractivity contribution >= 4 is 23.0 Å². The van der Waals surface area contributed by atoms with E-state index < -0.39 is 40.7 Å². The van der Waals surface area contributed by atoms with Crippen molar-refractivity contribution in [2.45, 2.75) is 24.2 Å². The van der Waals surface area contributed by atoms with Crippen molar-refractivity contribution in [2.75, 3.05) is 22.7 Å². The molecule has 11 heteroatoms. The largest absolute Gasteiger partial charge is 0.587 e. The summed E-state index contributed by atoms with van der Waals surface area (Å²) in [5.74, 6) is -0.0940. The molecular formula is C21H18F4N4O2S. The normalized spacial score (nSPS) is 15.4. The van der Waals surface area contributed by atoms with Crippen molar-refractivity contribution in [3.05, 3.63) is 65.5 Å². The van der Waals surface area contributed by atoms with Gasteiger partial charge in [0, 0.05) is 24.7 Å². The van der Waals surface area contributed by atoms with E-state index in [-0.39, 0.29) is 22.0 Å². The summed E-state index contributed by atoms with van der Waals surface area (Å²) < 4.78 is 69.5. The molecule has 1 aliphatic rings. The number of aliphatic hydroxyl groups is 1. The van der Waals surface area contributed by atoms with Crippen LogP contribution in [0.1, 0.15) is 11.1 Å². The lowest BCUT2D eigenvalue weighted by molar-refractivity contribution is -0.137. The van der Waals surface area contributed by atoms with E-state index in [0.29, 0.717) is 18.9 Å². The maximum atomic E-state index is 13.6. The van der Waals surface area contributed by atoms with Crippen LogP contribution in [-0.2, 0) is 17.5 Å². The summed E-state index contributed by atoms with van der Waals surface area (Å²) in [5, 5.41) is 9.59. The van der Waals surface area contributed by atoms with Gasteiger partial charge in [0.25, 0.3) is 5.03 Å². The van der Waals surface area contributed by atoms with E-state index in [2.05, 4.69) is 14.7 Å². The first kappa shape index (κ1) is 22.3. The van der Waals surface area contributed by atoms with Gasteiger partial charge in [0.05, 0.1) is 17.4 Å². The molecule has 0 saturated carbocycles. The number of nitrogens with zero attached hydrogens (tertiary/aromatic N) is 3. The molecule has 1 fully saturated rings. The molecule has 2 N–H and O–H groups in total. The molecule has 168 valence electrons. The van der Waals surface area contributed by atoms with Gasteiger partial charge < -0.3 is 14.6 Å². The third-order valence-electron chi connectivity index (χ3n) is 4.93. The third kappa shape index (κ3) is 4.64. The SMILES string of the molecule is Cc1cc(F)ccc1-c1nc(N[S+]([O-])c2cccc(N3CC(O)C3)n2)ccc1C(F)(F)F. The Morgan fingerprint density at radius 1 is 1.12 bits per heavy atom. The number of hydrogen-bond acceptors (Lipinski definition) is 6. The predicted molar refractivity (Wildman–Crippen MR) is 112 cm³/mol. The molecule has 4 rings (SSSR count). The Bertz CT molecular complexity index is 1140. The molecule has 0 amide bonds. The monoisotopic (exact) mass is 466 g/mol. The van der Waals surface area contributed by atoms with Crippen LogP contribution in [0.4, 0.5) is 29.2 Å². The highest BCUT2D eigenvalue weighted by Gasteiger charge is 2.35. The predicted octanol–water partition coefficient (Wildman–Crippen LogP) is 3.93. The Morgan fingerprint density at radius 2 is 1.88 bits per heavy atom. The number of halogens is 4. The van der Waals surface area contributed by atoms with Crippen LogP contribution in [-0.4, -0.2) is 38.8 Å². The van der Waals surface area contributed by atoms with E-state index in [0.717, 1.165) is 24.3 Å². The maximum absolute atomic E-state index is 13.6. The van der Waals surface area contributed by atoms with Gasteiger partial charge in [-0.25, -0.2) is 9.37 Å². The van der Waals surface area contributed by atoms with Crippen molar-refractivity contribution in [1.29, 1.82) is 0 Å². The third-order valence-corrected chi connectivity index (χ3v) is 5.93. The average Bonchev–Trinajstić information content (AvgIpc) is 2.70. The Hall–Kier alpha value is -2.89. The molecule has 2 aromatic heterocycles. The average molecular weight is 466 g/mol. The maximum Gasteiger partial charge on any atom is 0.418 e. The molecule has 1 unspecified atom stereocenters. The highest BCUT2D eigenvalue weighted by molar-refractivity contribution is 7.92. The zero-order valence-electron chi connectivity index (χ0n) is 16.7. The van der Waals surface area contributed by atoms with Crippen LogP contribution < -0.4 is 9.62 Å². The van der Waals surface area contributed by atoms with Gasteiger partial charge in [-0.2, -0.15) is 22.9 Å². The van der Waals surface area contributed by atoms with Gasteiger partial charge in [-0.1, -0.05) is 6.07 Å². The fourth-order valence-corrected chi connectivity index (χ4v) is 4.10. The molecule has 3 heterocycles. The lowest BCUT2D eigenvalue weighted by Crippen LogP contribution is -2.51. The second kappa shape index (κ2) is 8.57. The first-order valence-electron chi connectivity index (χ1n) is 9.55. The van der Waals surface area contributed by atoms with Crippen LogP contribution in [0.25, 0.3) is 11.3 Å². The van der Waals surface area contributed by atoms with Gasteiger partial charge in [0.2, 0.25) is 0 Å². The number of aryl methyl sites for hydroxylation is 1. The topological polar surface area (TPSA) is 84.3 Å². The number of β-amino-alcohol motifs (C(OH)–C–C–N with tert-alkyl or cyclic N) is 1. The molecule has 0 bridgehead atoms. The number of anilines is 2. The van der Waals surface area contributed by atoms with Crippen molar-refractivity contribution in [3.63, 3.8) is 0 Å². The molecule has 0 spiro atoms. The number of nitrogens with one attached hydrogen (secondary N) is 1. The van der Waals surface area contributed by atoms with Gasteiger partial charge >= 0.3 is 6.18 Å². The number of rotatable bonds is 5. The van der Waals surface area contributed by atoms with Gasteiger partial charge in [-0.3, -0.25) is 0 Å². The summed E-state index contributed by atoms with van der Waals surface area (Å²) in [4.78, 5) is 10.1. The van der Waals surface area contributed by atoms with Crippen molar-refractivity contribution in [1.82, 2.24) is 9.97 Å². The summed E-state index contributed by atoms with van der Waals surface area (Å²) in [6.45, 7) is 2.31. The minimum absolute atomic E-state index is 0.0540. The van der Waals surface area contributed by atoms with Crippen LogP contribution in [0.5, 0.6) is 0 Å². The Kier molecular flexibility index (Phi) is 5.97. The number of pyridine rings is 2. The zero-order chi connectivity index (χ0) is 23.0. The molecule has 3 aromatic rings. The number of alkyl halides is 3. The van der Waals surface area contributed by atoms with Crippen LogP contribution in [0.2, 0.25) is 0 Å². The summed E-state index contributed by atoms with van der Waals surface area (Å²) in [5.41, 5.74) is -0.981. The molecular weight excluding hydrogens is 448 g/mol. The van der Waals surface area contributed by atoms with E-state index >= 15 is 0 Å². The summed E-state index contributed by atoms with van der Waals surface area (Å²) in [6.07, 6.45) is -5.12. The van der Waals surface area contributed by atoms with E-state index in [1.54, 1.807) is 17.0 Å². The van der Waals surface area contributed by atoms with E-state index in [4.69, 9.17) is 0 Å². The van der Waals surface area contributed by atoms with E-state index in [1.807, 2.05) is 0 Å². The van der Waals surface area contributed by atoms with Crippen LogP contribution in [0, 0.1) is 12.7 Å². The van der Waals surface area contributed by atoms with Crippen LogP contribution in [0.15, 0.2) is 53.6 Å². The second-order valence-electron chi connectivity index (χ2n) is 7.31. The number of benzene rings is 1. The first-order valence-corrected chi connectivity index (χ1v) is 10.7. The summed E-state index contributed by atoms with van der Waals surface area (Å²) >= 11 is -1.90. The molecule has 1 atom stereocenters. The fourth-order valence-electron chi connectivity index (χ4n) is 3.32. The highest BCUT2D eigenvalue weighted by Crippen LogP contribution is 2.38. The minimum Gasteiger partial charge on any atom is -0.587 e. The van der Waals surface area contributed by atoms with Crippen molar-refractivity contribution < 1.29 is 27.2 Å². The highest BCUT2D eigenvalue weighted by atomic mass is 32.2. The Balaban J connectivity index is 1.64.